The van der Waals surface area contributed by atoms with Gasteiger partial charge in [0.15, 0.2) is 0 Å². The zero-order chi connectivity index (χ0) is 14.5. The maximum Gasteiger partial charge on any atom is 0.239 e. The molecule has 2 rings (SSSR count). The van der Waals surface area contributed by atoms with Crippen molar-refractivity contribution < 1.29 is 9.90 Å². The Hall–Kier alpha value is -0.610. The molecular weight excluding hydrogens is 252 g/mol. The molecule has 2 N–H and O–H groups in total. The number of aliphatic hydroxyl groups excluding tert-OH is 1. The molecule has 0 aromatic heterocycles. The summed E-state index contributed by atoms with van der Waals surface area (Å²) < 4.78 is 0. The zero-order valence-corrected chi connectivity index (χ0v) is 13.0. The summed E-state index contributed by atoms with van der Waals surface area (Å²) in [5, 5.41) is 12.9. The van der Waals surface area contributed by atoms with Gasteiger partial charge in [-0.3, -0.25) is 4.79 Å². The van der Waals surface area contributed by atoms with Crippen LogP contribution in [0.3, 0.4) is 0 Å². The number of piperidine rings is 1. The number of likely N-dealkylation sites (tertiary alicyclic amines) is 1. The number of nitrogens with one attached hydrogen (secondary N) is 1. The molecule has 1 aliphatic carbocycles. The van der Waals surface area contributed by atoms with Crippen LogP contribution in [0.1, 0.15) is 52.4 Å². The van der Waals surface area contributed by atoms with Gasteiger partial charge in [-0.2, -0.15) is 0 Å². The van der Waals surface area contributed by atoms with Crippen LogP contribution in [0.2, 0.25) is 0 Å². The number of hydrogen-bond acceptors (Lipinski definition) is 3. The number of nitrogens with zero attached hydrogens (tertiary/aromatic N) is 1. The number of hydrogen-bond donors (Lipinski definition) is 2. The highest BCUT2D eigenvalue weighted by Crippen LogP contribution is 2.31. The van der Waals surface area contributed by atoms with Crippen molar-refractivity contribution in [3.63, 3.8) is 0 Å². The first-order valence-corrected chi connectivity index (χ1v) is 8.27. The van der Waals surface area contributed by atoms with E-state index in [9.17, 15) is 9.90 Å². The van der Waals surface area contributed by atoms with Crippen LogP contribution in [0.5, 0.6) is 0 Å². The van der Waals surface area contributed by atoms with Gasteiger partial charge in [-0.25, -0.2) is 0 Å². The van der Waals surface area contributed by atoms with E-state index in [-0.39, 0.29) is 18.6 Å². The molecule has 3 atom stereocenters. The van der Waals surface area contributed by atoms with E-state index in [2.05, 4.69) is 19.2 Å². The lowest BCUT2D eigenvalue weighted by molar-refractivity contribution is -0.137. The lowest BCUT2D eigenvalue weighted by Gasteiger charge is -2.39. The fourth-order valence-corrected chi connectivity index (χ4v) is 3.73. The van der Waals surface area contributed by atoms with Gasteiger partial charge in [0.1, 0.15) is 0 Å². The van der Waals surface area contributed by atoms with E-state index in [1.807, 2.05) is 4.90 Å². The average molecular weight is 282 g/mol. The summed E-state index contributed by atoms with van der Waals surface area (Å²) in [4.78, 5) is 14.6. The Bertz CT molecular complexity index is 320. The summed E-state index contributed by atoms with van der Waals surface area (Å²) in [6, 6.07) is 0.351. The molecule has 4 nitrogen and oxygen atoms in total. The minimum atomic E-state index is -0.0000768. The van der Waals surface area contributed by atoms with Gasteiger partial charge in [-0.15, -0.1) is 0 Å². The number of amides is 1. The fraction of sp³-hybridized carbons (Fsp3) is 0.938. The highest BCUT2D eigenvalue weighted by molar-refractivity contribution is 5.82. The molecule has 0 aromatic rings. The van der Waals surface area contributed by atoms with E-state index >= 15 is 0 Å². The minimum Gasteiger partial charge on any atom is -0.396 e. The Balaban J connectivity index is 1.92. The number of carbonyl (C=O) groups is 1. The fourth-order valence-electron chi connectivity index (χ4n) is 3.73. The first-order chi connectivity index (χ1) is 9.61. The van der Waals surface area contributed by atoms with Gasteiger partial charge in [-0.1, -0.05) is 26.7 Å². The molecule has 1 saturated heterocycles. The normalized spacial score (nSPS) is 31.9. The topological polar surface area (TPSA) is 52.6 Å². The van der Waals surface area contributed by atoms with Crippen LogP contribution >= 0.6 is 0 Å². The predicted octanol–water partition coefficient (Wildman–Crippen LogP) is 1.77. The summed E-state index contributed by atoms with van der Waals surface area (Å²) in [6.07, 6.45) is 6.81. The van der Waals surface area contributed by atoms with Crippen molar-refractivity contribution in [2.45, 2.75) is 64.5 Å². The van der Waals surface area contributed by atoms with Crippen molar-refractivity contribution in [3.05, 3.63) is 0 Å². The van der Waals surface area contributed by atoms with Gasteiger partial charge in [0, 0.05) is 25.7 Å². The van der Waals surface area contributed by atoms with E-state index in [0.29, 0.717) is 17.9 Å². The van der Waals surface area contributed by atoms with Crippen molar-refractivity contribution in [2.24, 2.45) is 11.8 Å². The van der Waals surface area contributed by atoms with Crippen molar-refractivity contribution in [1.82, 2.24) is 10.2 Å². The number of aliphatic hydroxyl groups is 1. The molecule has 2 fully saturated rings. The van der Waals surface area contributed by atoms with E-state index in [0.717, 1.165) is 38.8 Å². The van der Waals surface area contributed by atoms with Crippen molar-refractivity contribution in [1.29, 1.82) is 0 Å². The lowest BCUT2D eigenvalue weighted by Crippen LogP contribution is -2.54. The first kappa shape index (κ1) is 15.8. The van der Waals surface area contributed by atoms with Gasteiger partial charge in [0.2, 0.25) is 5.91 Å². The monoisotopic (exact) mass is 282 g/mol. The van der Waals surface area contributed by atoms with Crippen LogP contribution in [0, 0.1) is 11.8 Å². The van der Waals surface area contributed by atoms with E-state index in [1.165, 1.54) is 12.8 Å². The van der Waals surface area contributed by atoms with Crippen LogP contribution in [0.25, 0.3) is 0 Å². The number of carbonyl (C=O) groups excluding carboxylic acids is 1. The summed E-state index contributed by atoms with van der Waals surface area (Å²) in [7, 11) is 0. The van der Waals surface area contributed by atoms with Crippen molar-refractivity contribution in [3.8, 4) is 0 Å². The molecule has 1 heterocycles. The van der Waals surface area contributed by atoms with Gasteiger partial charge in [0.25, 0.3) is 0 Å². The molecule has 4 heteroatoms. The molecule has 0 radical (unpaired) electrons. The Morgan fingerprint density at radius 1 is 1.20 bits per heavy atom. The highest BCUT2D eigenvalue weighted by Gasteiger charge is 2.33. The van der Waals surface area contributed by atoms with E-state index in [1.54, 1.807) is 0 Å². The molecule has 116 valence electrons. The first-order valence-electron chi connectivity index (χ1n) is 8.27. The van der Waals surface area contributed by atoms with Crippen molar-refractivity contribution in [2.75, 3.05) is 19.7 Å². The van der Waals surface area contributed by atoms with Gasteiger partial charge >= 0.3 is 0 Å². The van der Waals surface area contributed by atoms with E-state index < -0.39 is 0 Å². The molecule has 2 aliphatic rings. The summed E-state index contributed by atoms with van der Waals surface area (Å²) in [5.41, 5.74) is 0. The van der Waals surface area contributed by atoms with Crippen molar-refractivity contribution >= 4 is 5.91 Å². The SMILES string of the molecule is CC(C)NC1CCCN(CC2CCCCC2CO)C1=O. The molecule has 20 heavy (non-hydrogen) atoms. The third-order valence-corrected chi connectivity index (χ3v) is 4.82. The highest BCUT2D eigenvalue weighted by atomic mass is 16.3. The smallest absolute Gasteiger partial charge is 0.239 e. The maximum absolute atomic E-state index is 12.5. The van der Waals surface area contributed by atoms with E-state index in [4.69, 9.17) is 0 Å². The molecule has 1 saturated carbocycles. The maximum atomic E-state index is 12.5. The third kappa shape index (κ3) is 3.95. The zero-order valence-electron chi connectivity index (χ0n) is 13.0. The molecule has 3 unspecified atom stereocenters. The Kier molecular flexibility index (Phi) is 5.85. The summed E-state index contributed by atoms with van der Waals surface area (Å²) in [6.45, 7) is 6.20. The second kappa shape index (κ2) is 7.41. The lowest BCUT2D eigenvalue weighted by atomic mass is 9.79. The third-order valence-electron chi connectivity index (χ3n) is 4.82. The molecule has 1 aliphatic heterocycles. The summed E-state index contributed by atoms with van der Waals surface area (Å²) >= 11 is 0. The van der Waals surface area contributed by atoms with Gasteiger partial charge in [-0.05, 0) is 37.5 Å². The molecule has 1 amide bonds. The number of rotatable bonds is 5. The molecule has 0 spiro atoms. The Labute approximate surface area is 122 Å². The molecular formula is C16H30N2O2. The van der Waals surface area contributed by atoms with Crippen LogP contribution in [-0.2, 0) is 4.79 Å². The Morgan fingerprint density at radius 2 is 1.90 bits per heavy atom. The second-order valence-corrected chi connectivity index (χ2v) is 6.79. The molecule has 0 bridgehead atoms. The summed E-state index contributed by atoms with van der Waals surface area (Å²) in [5.74, 6) is 1.16. The van der Waals surface area contributed by atoms with Crippen LogP contribution in [-0.4, -0.2) is 47.7 Å². The average Bonchev–Trinajstić information content (AvgIpc) is 2.43. The Morgan fingerprint density at radius 3 is 2.55 bits per heavy atom. The van der Waals surface area contributed by atoms with Gasteiger partial charge < -0.3 is 15.3 Å². The largest absolute Gasteiger partial charge is 0.396 e. The van der Waals surface area contributed by atoms with Crippen LogP contribution in [0.4, 0.5) is 0 Å². The molecule has 0 aromatic carbocycles. The quantitative estimate of drug-likeness (QED) is 0.808. The van der Waals surface area contributed by atoms with Crippen LogP contribution < -0.4 is 5.32 Å². The standard InChI is InChI=1S/C16H30N2O2/c1-12(2)17-15-8-5-9-18(16(15)20)10-13-6-3-4-7-14(13)11-19/h12-15,17,19H,3-11H2,1-2H3. The minimum absolute atomic E-state index is 0.0000768. The van der Waals surface area contributed by atoms with Crippen LogP contribution in [0.15, 0.2) is 0 Å². The second-order valence-electron chi connectivity index (χ2n) is 6.79. The predicted molar refractivity (Wildman–Crippen MR) is 80.4 cm³/mol. The van der Waals surface area contributed by atoms with Gasteiger partial charge in [0.05, 0.1) is 6.04 Å².